The molecule has 0 amide bonds. The Bertz CT molecular complexity index is 633. The summed E-state index contributed by atoms with van der Waals surface area (Å²) in [6, 6.07) is 4.10. The second kappa shape index (κ2) is 5.49. The van der Waals surface area contributed by atoms with E-state index in [0.717, 1.165) is 23.1 Å². The SMILES string of the molecule is CCCc1nc(-c2c(C)cc(C)cc2C)oc1C(=O)O. The first-order valence-corrected chi connectivity index (χ1v) is 6.75. The fourth-order valence-corrected chi connectivity index (χ4v) is 2.55. The minimum absolute atomic E-state index is 0.0405. The molecular weight excluding hydrogens is 254 g/mol. The van der Waals surface area contributed by atoms with Crippen LogP contribution in [0.5, 0.6) is 0 Å². The predicted octanol–water partition coefficient (Wildman–Crippen LogP) is 3.92. The first-order valence-electron chi connectivity index (χ1n) is 6.75. The van der Waals surface area contributed by atoms with Crippen LogP contribution in [0.1, 0.15) is 46.3 Å². The molecule has 0 unspecified atom stereocenters. The molecule has 0 aliphatic rings. The molecule has 0 saturated carbocycles. The Labute approximate surface area is 118 Å². The van der Waals surface area contributed by atoms with Crippen molar-refractivity contribution in [2.75, 3.05) is 0 Å². The van der Waals surface area contributed by atoms with Gasteiger partial charge in [0, 0.05) is 5.56 Å². The van der Waals surface area contributed by atoms with Crippen molar-refractivity contribution >= 4 is 5.97 Å². The van der Waals surface area contributed by atoms with Crippen molar-refractivity contribution in [3.8, 4) is 11.5 Å². The predicted molar refractivity (Wildman–Crippen MR) is 77.1 cm³/mol. The van der Waals surface area contributed by atoms with Crippen LogP contribution in [0.4, 0.5) is 0 Å². The van der Waals surface area contributed by atoms with Crippen LogP contribution in [-0.4, -0.2) is 16.1 Å². The minimum Gasteiger partial charge on any atom is -0.475 e. The molecule has 4 heteroatoms. The lowest BCUT2D eigenvalue weighted by Crippen LogP contribution is -1.99. The van der Waals surface area contributed by atoms with Gasteiger partial charge in [-0.3, -0.25) is 0 Å². The number of aromatic carboxylic acids is 1. The summed E-state index contributed by atoms with van der Waals surface area (Å²) in [5.74, 6) is -0.698. The molecular formula is C16H19NO3. The average molecular weight is 273 g/mol. The second-order valence-electron chi connectivity index (χ2n) is 5.12. The number of aromatic nitrogens is 1. The molecule has 0 radical (unpaired) electrons. The monoisotopic (exact) mass is 273 g/mol. The number of hydrogen-bond acceptors (Lipinski definition) is 3. The molecule has 0 spiro atoms. The smallest absolute Gasteiger partial charge is 0.373 e. The number of oxazole rings is 1. The van der Waals surface area contributed by atoms with Crippen LogP contribution in [0.25, 0.3) is 11.5 Å². The van der Waals surface area contributed by atoms with Crippen LogP contribution in [0, 0.1) is 20.8 Å². The molecule has 0 aliphatic carbocycles. The number of hydrogen-bond donors (Lipinski definition) is 1. The molecule has 1 heterocycles. The average Bonchev–Trinajstić information content (AvgIpc) is 2.72. The third kappa shape index (κ3) is 2.59. The van der Waals surface area contributed by atoms with Gasteiger partial charge in [0.25, 0.3) is 0 Å². The van der Waals surface area contributed by atoms with Crippen LogP contribution in [0.3, 0.4) is 0 Å². The maximum atomic E-state index is 11.2. The third-order valence-electron chi connectivity index (χ3n) is 3.27. The molecule has 2 rings (SSSR count). The van der Waals surface area contributed by atoms with Crippen molar-refractivity contribution < 1.29 is 14.3 Å². The summed E-state index contributed by atoms with van der Waals surface area (Å²) in [6.07, 6.45) is 1.44. The lowest BCUT2D eigenvalue weighted by Gasteiger charge is -2.07. The standard InChI is InChI=1S/C16H19NO3/c1-5-6-12-14(16(18)19)20-15(17-12)13-10(3)7-9(2)8-11(13)4/h7-8H,5-6H2,1-4H3,(H,18,19). The number of carbonyl (C=O) groups is 1. The van der Waals surface area contributed by atoms with Crippen LogP contribution >= 0.6 is 0 Å². The first kappa shape index (κ1) is 14.3. The van der Waals surface area contributed by atoms with Gasteiger partial charge in [0.1, 0.15) is 0 Å². The van der Waals surface area contributed by atoms with E-state index >= 15 is 0 Å². The highest BCUT2D eigenvalue weighted by molar-refractivity contribution is 5.86. The Morgan fingerprint density at radius 3 is 2.35 bits per heavy atom. The zero-order chi connectivity index (χ0) is 14.9. The maximum absolute atomic E-state index is 11.2. The van der Waals surface area contributed by atoms with Gasteiger partial charge in [0.2, 0.25) is 11.7 Å². The lowest BCUT2D eigenvalue weighted by atomic mass is 10.00. The van der Waals surface area contributed by atoms with Gasteiger partial charge in [-0.05, 0) is 38.3 Å². The van der Waals surface area contributed by atoms with Gasteiger partial charge in [0.05, 0.1) is 5.69 Å². The van der Waals surface area contributed by atoms with E-state index in [0.29, 0.717) is 18.0 Å². The topological polar surface area (TPSA) is 63.3 Å². The Morgan fingerprint density at radius 2 is 1.85 bits per heavy atom. The zero-order valence-corrected chi connectivity index (χ0v) is 12.3. The summed E-state index contributed by atoms with van der Waals surface area (Å²) < 4.78 is 5.51. The van der Waals surface area contributed by atoms with E-state index < -0.39 is 5.97 Å². The summed E-state index contributed by atoms with van der Waals surface area (Å²) in [6.45, 7) is 7.99. The van der Waals surface area contributed by atoms with Gasteiger partial charge in [-0.25, -0.2) is 9.78 Å². The summed E-state index contributed by atoms with van der Waals surface area (Å²) >= 11 is 0. The highest BCUT2D eigenvalue weighted by Crippen LogP contribution is 2.29. The number of rotatable bonds is 4. The molecule has 1 aromatic carbocycles. The number of benzene rings is 1. The molecule has 0 saturated heterocycles. The summed E-state index contributed by atoms with van der Waals surface area (Å²) in [5.41, 5.74) is 4.67. The number of carboxylic acids is 1. The molecule has 0 aliphatic heterocycles. The number of carboxylic acid groups (broad SMARTS) is 1. The van der Waals surface area contributed by atoms with Gasteiger partial charge >= 0.3 is 5.97 Å². The van der Waals surface area contributed by atoms with Gasteiger partial charge < -0.3 is 9.52 Å². The first-order chi connectivity index (χ1) is 9.43. The van der Waals surface area contributed by atoms with Crippen LogP contribution in [0.2, 0.25) is 0 Å². The quantitative estimate of drug-likeness (QED) is 0.917. The molecule has 1 aromatic heterocycles. The molecule has 0 fully saturated rings. The van der Waals surface area contributed by atoms with E-state index in [1.165, 1.54) is 5.56 Å². The van der Waals surface area contributed by atoms with Crippen LogP contribution in [0.15, 0.2) is 16.5 Å². The van der Waals surface area contributed by atoms with Crippen molar-refractivity contribution in [3.05, 3.63) is 40.3 Å². The zero-order valence-electron chi connectivity index (χ0n) is 12.3. The molecule has 0 bridgehead atoms. The van der Waals surface area contributed by atoms with Crippen molar-refractivity contribution in [2.45, 2.75) is 40.5 Å². The molecule has 106 valence electrons. The second-order valence-corrected chi connectivity index (χ2v) is 5.12. The summed E-state index contributed by atoms with van der Waals surface area (Å²) in [4.78, 5) is 15.6. The van der Waals surface area contributed by atoms with E-state index in [4.69, 9.17) is 4.42 Å². The van der Waals surface area contributed by atoms with E-state index in [9.17, 15) is 9.90 Å². The van der Waals surface area contributed by atoms with E-state index in [-0.39, 0.29) is 5.76 Å². The Hall–Kier alpha value is -2.10. The maximum Gasteiger partial charge on any atom is 0.373 e. The van der Waals surface area contributed by atoms with Crippen molar-refractivity contribution in [3.63, 3.8) is 0 Å². The van der Waals surface area contributed by atoms with Crippen molar-refractivity contribution in [1.82, 2.24) is 4.98 Å². The lowest BCUT2D eigenvalue weighted by molar-refractivity contribution is 0.0661. The molecule has 20 heavy (non-hydrogen) atoms. The van der Waals surface area contributed by atoms with Crippen LogP contribution in [-0.2, 0) is 6.42 Å². The van der Waals surface area contributed by atoms with Crippen molar-refractivity contribution in [2.24, 2.45) is 0 Å². The van der Waals surface area contributed by atoms with E-state index in [2.05, 4.69) is 4.98 Å². The number of nitrogens with zero attached hydrogens (tertiary/aromatic N) is 1. The molecule has 2 aromatic rings. The fourth-order valence-electron chi connectivity index (χ4n) is 2.55. The Morgan fingerprint density at radius 1 is 1.25 bits per heavy atom. The fraction of sp³-hybridized carbons (Fsp3) is 0.375. The summed E-state index contributed by atoms with van der Waals surface area (Å²) in [7, 11) is 0. The van der Waals surface area contributed by atoms with Gasteiger partial charge in [-0.1, -0.05) is 31.0 Å². The van der Waals surface area contributed by atoms with Gasteiger partial charge in [-0.2, -0.15) is 0 Å². The Balaban J connectivity index is 2.59. The highest BCUT2D eigenvalue weighted by Gasteiger charge is 2.21. The minimum atomic E-state index is -1.06. The number of aryl methyl sites for hydroxylation is 4. The van der Waals surface area contributed by atoms with E-state index in [1.807, 2.05) is 39.8 Å². The normalized spacial score (nSPS) is 10.8. The van der Waals surface area contributed by atoms with Gasteiger partial charge in [-0.15, -0.1) is 0 Å². The molecule has 1 N–H and O–H groups in total. The largest absolute Gasteiger partial charge is 0.475 e. The Kier molecular flexibility index (Phi) is 3.93. The molecule has 4 nitrogen and oxygen atoms in total. The summed E-state index contributed by atoms with van der Waals surface area (Å²) in [5, 5.41) is 9.20. The molecule has 0 atom stereocenters. The van der Waals surface area contributed by atoms with E-state index in [1.54, 1.807) is 0 Å². The third-order valence-corrected chi connectivity index (χ3v) is 3.27. The highest BCUT2D eigenvalue weighted by atomic mass is 16.4. The van der Waals surface area contributed by atoms with Gasteiger partial charge in [0.15, 0.2) is 0 Å². The van der Waals surface area contributed by atoms with Crippen molar-refractivity contribution in [1.29, 1.82) is 0 Å². The van der Waals surface area contributed by atoms with Crippen LogP contribution < -0.4 is 0 Å².